The van der Waals surface area contributed by atoms with E-state index in [4.69, 9.17) is 0 Å². The number of aromatic nitrogens is 2. The van der Waals surface area contributed by atoms with Gasteiger partial charge in [-0.15, -0.1) is 0 Å². The number of aryl methyl sites for hydroxylation is 1. The monoisotopic (exact) mass is 336 g/mol. The third kappa shape index (κ3) is 3.49. The molecule has 0 bridgehead atoms. The maximum absolute atomic E-state index is 10.5. The van der Waals surface area contributed by atoms with Crippen LogP contribution in [-0.2, 0) is 6.54 Å². The maximum Gasteiger partial charge on any atom is 0.0973 e. The molecule has 0 amide bonds. The van der Waals surface area contributed by atoms with Gasteiger partial charge in [-0.05, 0) is 40.3 Å². The fraction of sp³-hybridized carbons (Fsp3) is 0.438. The molecule has 0 radical (unpaired) electrons. The summed E-state index contributed by atoms with van der Waals surface area (Å²) >= 11 is 3.49. The Hall–Kier alpha value is -1.13. The van der Waals surface area contributed by atoms with Crippen LogP contribution in [0.3, 0.4) is 0 Å². The lowest BCUT2D eigenvalue weighted by Gasteiger charge is -2.18. The Morgan fingerprint density at radius 1 is 1.30 bits per heavy atom. The molecule has 20 heavy (non-hydrogen) atoms. The Morgan fingerprint density at radius 3 is 2.65 bits per heavy atom. The number of rotatable bonds is 6. The normalized spacial score (nSPS) is 14.2. The summed E-state index contributed by atoms with van der Waals surface area (Å²) in [6.07, 6.45) is 2.95. The van der Waals surface area contributed by atoms with Gasteiger partial charge < -0.3 is 5.11 Å². The van der Waals surface area contributed by atoms with Crippen LogP contribution in [0.4, 0.5) is 0 Å². The number of hydrogen-bond acceptors (Lipinski definition) is 2. The molecule has 0 aliphatic rings. The van der Waals surface area contributed by atoms with Crippen LogP contribution in [0.1, 0.15) is 50.0 Å². The average Bonchev–Trinajstić information content (AvgIpc) is 2.81. The molecule has 2 rings (SSSR count). The number of benzene rings is 1. The minimum atomic E-state index is -0.506. The van der Waals surface area contributed by atoms with E-state index in [0.29, 0.717) is 12.3 Å². The van der Waals surface area contributed by atoms with Crippen molar-refractivity contribution in [3.8, 4) is 0 Å². The Kier molecular flexibility index (Phi) is 5.38. The highest BCUT2D eigenvalue weighted by Gasteiger charge is 2.20. The Bertz CT molecular complexity index is 539. The van der Waals surface area contributed by atoms with E-state index in [0.717, 1.165) is 23.1 Å². The summed E-state index contributed by atoms with van der Waals surface area (Å²) in [5, 5.41) is 14.9. The first-order valence-electron chi connectivity index (χ1n) is 7.07. The molecule has 3 nitrogen and oxygen atoms in total. The molecule has 0 fully saturated rings. The van der Waals surface area contributed by atoms with Crippen LogP contribution in [0.15, 0.2) is 41.0 Å². The molecular weight excluding hydrogens is 316 g/mol. The summed E-state index contributed by atoms with van der Waals surface area (Å²) in [7, 11) is 0. The van der Waals surface area contributed by atoms with Crippen molar-refractivity contribution in [3.05, 3.63) is 52.3 Å². The van der Waals surface area contributed by atoms with Crippen molar-refractivity contribution < 1.29 is 5.11 Å². The minimum Gasteiger partial charge on any atom is -0.387 e. The summed E-state index contributed by atoms with van der Waals surface area (Å²) < 4.78 is 2.78. The Balaban J connectivity index is 2.12. The zero-order valence-corrected chi connectivity index (χ0v) is 13.5. The highest BCUT2D eigenvalue weighted by Crippen LogP contribution is 2.31. The molecule has 2 unspecified atom stereocenters. The van der Waals surface area contributed by atoms with E-state index in [9.17, 15) is 5.11 Å². The van der Waals surface area contributed by atoms with Gasteiger partial charge in [0.1, 0.15) is 0 Å². The minimum absolute atomic E-state index is 0.308. The van der Waals surface area contributed by atoms with Crippen molar-refractivity contribution >= 4 is 15.9 Å². The van der Waals surface area contributed by atoms with E-state index in [2.05, 4.69) is 47.0 Å². The molecule has 0 saturated carbocycles. The second kappa shape index (κ2) is 7.04. The van der Waals surface area contributed by atoms with E-state index in [-0.39, 0.29) is 0 Å². The van der Waals surface area contributed by atoms with Crippen molar-refractivity contribution in [2.24, 2.45) is 0 Å². The van der Waals surface area contributed by atoms with Crippen LogP contribution < -0.4 is 0 Å². The van der Waals surface area contributed by atoms with E-state index in [1.165, 1.54) is 5.56 Å². The second-order valence-electron chi connectivity index (χ2n) is 5.16. The van der Waals surface area contributed by atoms with Gasteiger partial charge in [-0.1, -0.05) is 44.2 Å². The molecule has 2 aromatic rings. The summed E-state index contributed by atoms with van der Waals surface area (Å²) in [6.45, 7) is 5.09. The first-order valence-corrected chi connectivity index (χ1v) is 7.87. The fourth-order valence-electron chi connectivity index (χ4n) is 2.46. The molecule has 0 aliphatic heterocycles. The van der Waals surface area contributed by atoms with Crippen LogP contribution in [0.2, 0.25) is 0 Å². The van der Waals surface area contributed by atoms with Crippen molar-refractivity contribution in [3.63, 3.8) is 0 Å². The molecule has 0 aliphatic carbocycles. The molecule has 4 heteroatoms. The standard InChI is InChI=1S/C16H21BrN2O/c1-3-9-19-16(14(17)11-18-19)15(20)10-12(2)13-7-5-4-6-8-13/h4-8,11-12,15,20H,3,9-10H2,1-2H3. The van der Waals surface area contributed by atoms with Crippen LogP contribution in [-0.4, -0.2) is 14.9 Å². The number of halogens is 1. The highest BCUT2D eigenvalue weighted by atomic mass is 79.9. The van der Waals surface area contributed by atoms with Crippen molar-refractivity contribution in [2.45, 2.75) is 45.3 Å². The quantitative estimate of drug-likeness (QED) is 0.854. The van der Waals surface area contributed by atoms with Crippen LogP contribution in [0.25, 0.3) is 0 Å². The first kappa shape index (κ1) is 15.3. The SMILES string of the molecule is CCCn1ncc(Br)c1C(O)CC(C)c1ccccc1. The summed E-state index contributed by atoms with van der Waals surface area (Å²) in [6, 6.07) is 10.3. The molecule has 1 N–H and O–H groups in total. The summed E-state index contributed by atoms with van der Waals surface area (Å²) in [5.74, 6) is 0.308. The van der Waals surface area contributed by atoms with E-state index in [1.807, 2.05) is 22.9 Å². The highest BCUT2D eigenvalue weighted by molar-refractivity contribution is 9.10. The van der Waals surface area contributed by atoms with Gasteiger partial charge in [0.05, 0.1) is 22.5 Å². The van der Waals surface area contributed by atoms with Crippen molar-refractivity contribution in [1.82, 2.24) is 9.78 Å². The van der Waals surface area contributed by atoms with Gasteiger partial charge in [0.25, 0.3) is 0 Å². The van der Waals surface area contributed by atoms with Gasteiger partial charge in [0.2, 0.25) is 0 Å². The van der Waals surface area contributed by atoms with E-state index < -0.39 is 6.10 Å². The summed E-state index contributed by atoms with van der Waals surface area (Å²) in [4.78, 5) is 0. The van der Waals surface area contributed by atoms with Crippen LogP contribution in [0, 0.1) is 0 Å². The first-order chi connectivity index (χ1) is 9.63. The molecule has 1 aromatic carbocycles. The van der Waals surface area contributed by atoms with Crippen molar-refractivity contribution in [2.75, 3.05) is 0 Å². The van der Waals surface area contributed by atoms with Gasteiger partial charge >= 0.3 is 0 Å². The topological polar surface area (TPSA) is 38.0 Å². The van der Waals surface area contributed by atoms with Crippen LogP contribution in [0.5, 0.6) is 0 Å². The lowest BCUT2D eigenvalue weighted by Crippen LogP contribution is -2.11. The number of aliphatic hydroxyl groups excluding tert-OH is 1. The third-order valence-corrected chi connectivity index (χ3v) is 4.14. The maximum atomic E-state index is 10.5. The number of nitrogens with zero attached hydrogens (tertiary/aromatic N) is 2. The number of aliphatic hydroxyl groups is 1. The Labute approximate surface area is 128 Å². The fourth-order valence-corrected chi connectivity index (χ4v) is 3.02. The van der Waals surface area contributed by atoms with Crippen molar-refractivity contribution in [1.29, 1.82) is 0 Å². The van der Waals surface area contributed by atoms with Crippen LogP contribution >= 0.6 is 15.9 Å². The average molecular weight is 337 g/mol. The van der Waals surface area contributed by atoms with Gasteiger partial charge in [-0.25, -0.2) is 0 Å². The molecular formula is C16H21BrN2O. The molecule has 0 spiro atoms. The molecule has 2 atom stereocenters. The predicted molar refractivity (Wildman–Crippen MR) is 84.7 cm³/mol. The second-order valence-corrected chi connectivity index (χ2v) is 6.02. The molecule has 108 valence electrons. The summed E-state index contributed by atoms with van der Waals surface area (Å²) in [5.41, 5.74) is 2.14. The van der Waals surface area contributed by atoms with Gasteiger partial charge in [0, 0.05) is 6.54 Å². The van der Waals surface area contributed by atoms with E-state index >= 15 is 0 Å². The Morgan fingerprint density at radius 2 is 2.00 bits per heavy atom. The number of hydrogen-bond donors (Lipinski definition) is 1. The smallest absolute Gasteiger partial charge is 0.0973 e. The largest absolute Gasteiger partial charge is 0.387 e. The zero-order valence-electron chi connectivity index (χ0n) is 12.0. The van der Waals surface area contributed by atoms with Gasteiger partial charge in [-0.3, -0.25) is 4.68 Å². The van der Waals surface area contributed by atoms with Gasteiger partial charge in [-0.2, -0.15) is 5.10 Å². The zero-order chi connectivity index (χ0) is 14.5. The predicted octanol–water partition coefficient (Wildman–Crippen LogP) is 4.28. The molecule has 1 aromatic heterocycles. The third-order valence-electron chi connectivity index (χ3n) is 3.53. The van der Waals surface area contributed by atoms with E-state index in [1.54, 1.807) is 6.20 Å². The lowest BCUT2D eigenvalue weighted by atomic mass is 9.94. The van der Waals surface area contributed by atoms with Gasteiger partial charge in [0.15, 0.2) is 0 Å². The molecule has 0 saturated heterocycles. The molecule has 1 heterocycles. The lowest BCUT2D eigenvalue weighted by molar-refractivity contribution is 0.148.